The molecule has 1 heterocycles. The van der Waals surface area contributed by atoms with Gasteiger partial charge in [-0.1, -0.05) is 18.2 Å². The quantitative estimate of drug-likeness (QED) is 0.856. The maximum Gasteiger partial charge on any atom is 0.228 e. The van der Waals surface area contributed by atoms with Crippen molar-refractivity contribution in [2.45, 2.75) is 13.0 Å². The van der Waals surface area contributed by atoms with Crippen LogP contribution in [0.1, 0.15) is 11.1 Å². The lowest BCUT2D eigenvalue weighted by Gasteiger charge is -2.06. The van der Waals surface area contributed by atoms with Crippen molar-refractivity contribution in [3.05, 3.63) is 59.9 Å². The maximum atomic E-state index is 11.8. The third-order valence-corrected chi connectivity index (χ3v) is 2.53. The molecule has 1 aromatic heterocycles. The fraction of sp³-hybridized carbons (Fsp3) is 0.143. The summed E-state index contributed by atoms with van der Waals surface area (Å²) in [5, 5.41) is 2.84. The van der Waals surface area contributed by atoms with Gasteiger partial charge in [0.25, 0.3) is 0 Å². The van der Waals surface area contributed by atoms with Crippen LogP contribution in [0.4, 0.5) is 5.69 Å². The summed E-state index contributed by atoms with van der Waals surface area (Å²) in [6.45, 7) is 0.465. The molecule has 0 aliphatic heterocycles. The van der Waals surface area contributed by atoms with Gasteiger partial charge in [0.2, 0.25) is 5.91 Å². The van der Waals surface area contributed by atoms with Crippen LogP contribution in [-0.2, 0) is 17.8 Å². The minimum atomic E-state index is -0.0582. The Bertz CT molecular complexity index is 526. The highest BCUT2D eigenvalue weighted by Crippen LogP contribution is 2.10. The average Bonchev–Trinajstić information content (AvgIpc) is 2.40. The second-order valence-electron chi connectivity index (χ2n) is 3.99. The molecule has 3 N–H and O–H groups in total. The fourth-order valence-electron chi connectivity index (χ4n) is 1.67. The van der Waals surface area contributed by atoms with Crippen LogP contribution in [0.3, 0.4) is 0 Å². The number of nitrogens with zero attached hydrogens (tertiary/aromatic N) is 1. The number of rotatable bonds is 4. The number of carbonyl (C=O) groups excluding carboxylic acids is 1. The van der Waals surface area contributed by atoms with Gasteiger partial charge in [-0.25, -0.2) is 0 Å². The van der Waals surface area contributed by atoms with Crippen molar-refractivity contribution in [2.24, 2.45) is 5.73 Å². The lowest BCUT2D eigenvalue weighted by molar-refractivity contribution is -0.115. The molecule has 2 rings (SSSR count). The van der Waals surface area contributed by atoms with Crippen LogP contribution in [0.5, 0.6) is 0 Å². The standard InChI is InChI=1S/C14H15N3O/c15-9-11-3-1-5-13(7-11)17-14(18)8-12-4-2-6-16-10-12/h1-7,10H,8-9,15H2,(H,17,18). The minimum Gasteiger partial charge on any atom is -0.326 e. The number of anilines is 1. The zero-order chi connectivity index (χ0) is 12.8. The van der Waals surface area contributed by atoms with E-state index in [2.05, 4.69) is 10.3 Å². The zero-order valence-electron chi connectivity index (χ0n) is 9.97. The van der Waals surface area contributed by atoms with Gasteiger partial charge in [0.05, 0.1) is 6.42 Å². The average molecular weight is 241 g/mol. The molecule has 4 nitrogen and oxygen atoms in total. The molecule has 2 aromatic rings. The SMILES string of the molecule is NCc1cccc(NC(=O)Cc2cccnc2)c1. The van der Waals surface area contributed by atoms with Gasteiger partial charge in [-0.3, -0.25) is 9.78 Å². The third kappa shape index (κ3) is 3.40. The van der Waals surface area contributed by atoms with Crippen molar-refractivity contribution in [2.75, 3.05) is 5.32 Å². The first-order chi connectivity index (χ1) is 8.78. The molecule has 0 saturated heterocycles. The molecular formula is C14H15N3O. The largest absolute Gasteiger partial charge is 0.326 e. The topological polar surface area (TPSA) is 68.0 Å². The van der Waals surface area contributed by atoms with E-state index in [0.717, 1.165) is 16.8 Å². The van der Waals surface area contributed by atoms with E-state index in [1.807, 2.05) is 36.4 Å². The molecule has 1 amide bonds. The lowest BCUT2D eigenvalue weighted by Crippen LogP contribution is -2.14. The summed E-state index contributed by atoms with van der Waals surface area (Å²) in [7, 11) is 0. The van der Waals surface area contributed by atoms with Gasteiger partial charge in [0, 0.05) is 24.6 Å². The molecule has 0 unspecified atom stereocenters. The van der Waals surface area contributed by atoms with E-state index in [1.54, 1.807) is 12.4 Å². The van der Waals surface area contributed by atoms with Crippen LogP contribution < -0.4 is 11.1 Å². The molecule has 0 saturated carbocycles. The van der Waals surface area contributed by atoms with E-state index in [9.17, 15) is 4.79 Å². The summed E-state index contributed by atoms with van der Waals surface area (Å²) in [6, 6.07) is 11.2. The van der Waals surface area contributed by atoms with Crippen LogP contribution in [0.25, 0.3) is 0 Å². The minimum absolute atomic E-state index is 0.0582. The first kappa shape index (κ1) is 12.3. The molecule has 92 valence electrons. The first-order valence-corrected chi connectivity index (χ1v) is 5.75. The Labute approximate surface area is 106 Å². The maximum absolute atomic E-state index is 11.8. The Morgan fingerprint density at radius 3 is 2.78 bits per heavy atom. The zero-order valence-corrected chi connectivity index (χ0v) is 9.97. The van der Waals surface area contributed by atoms with Crippen LogP contribution >= 0.6 is 0 Å². The van der Waals surface area contributed by atoms with Gasteiger partial charge in [0.1, 0.15) is 0 Å². The molecule has 0 fully saturated rings. The molecule has 0 radical (unpaired) electrons. The van der Waals surface area contributed by atoms with Gasteiger partial charge in [0.15, 0.2) is 0 Å². The predicted molar refractivity (Wildman–Crippen MR) is 70.9 cm³/mol. The summed E-state index contributed by atoms with van der Waals surface area (Å²) in [5.41, 5.74) is 8.21. The molecule has 0 spiro atoms. The number of aromatic nitrogens is 1. The Kier molecular flexibility index (Phi) is 4.04. The Morgan fingerprint density at radius 2 is 2.06 bits per heavy atom. The molecule has 0 aliphatic rings. The van der Waals surface area contributed by atoms with Crippen molar-refractivity contribution in [1.29, 1.82) is 0 Å². The van der Waals surface area contributed by atoms with Gasteiger partial charge >= 0.3 is 0 Å². The van der Waals surface area contributed by atoms with E-state index >= 15 is 0 Å². The van der Waals surface area contributed by atoms with Crippen molar-refractivity contribution in [1.82, 2.24) is 4.98 Å². The van der Waals surface area contributed by atoms with Crippen molar-refractivity contribution in [3.63, 3.8) is 0 Å². The summed E-state index contributed by atoms with van der Waals surface area (Å²) < 4.78 is 0. The summed E-state index contributed by atoms with van der Waals surface area (Å²) in [5.74, 6) is -0.0582. The lowest BCUT2D eigenvalue weighted by atomic mass is 10.2. The first-order valence-electron chi connectivity index (χ1n) is 5.75. The highest BCUT2D eigenvalue weighted by molar-refractivity contribution is 5.92. The fourth-order valence-corrected chi connectivity index (χ4v) is 1.67. The number of benzene rings is 1. The van der Waals surface area contributed by atoms with E-state index in [4.69, 9.17) is 5.73 Å². The molecule has 4 heteroatoms. The van der Waals surface area contributed by atoms with Crippen molar-refractivity contribution < 1.29 is 4.79 Å². The number of amides is 1. The van der Waals surface area contributed by atoms with Gasteiger partial charge < -0.3 is 11.1 Å². The number of nitrogens with two attached hydrogens (primary N) is 1. The predicted octanol–water partition coefficient (Wildman–Crippen LogP) is 1.72. The second kappa shape index (κ2) is 5.93. The Balaban J connectivity index is 1.99. The number of pyridine rings is 1. The van der Waals surface area contributed by atoms with Crippen LogP contribution in [0, 0.1) is 0 Å². The summed E-state index contributed by atoms with van der Waals surface area (Å²) in [6.07, 6.45) is 3.70. The third-order valence-electron chi connectivity index (χ3n) is 2.53. The molecule has 0 bridgehead atoms. The van der Waals surface area contributed by atoms with E-state index in [0.29, 0.717) is 13.0 Å². The van der Waals surface area contributed by atoms with E-state index in [1.165, 1.54) is 0 Å². The molecule has 0 atom stereocenters. The van der Waals surface area contributed by atoms with Crippen LogP contribution in [0.2, 0.25) is 0 Å². The molecule has 18 heavy (non-hydrogen) atoms. The summed E-state index contributed by atoms with van der Waals surface area (Å²) in [4.78, 5) is 15.8. The van der Waals surface area contributed by atoms with Crippen LogP contribution in [-0.4, -0.2) is 10.9 Å². The smallest absolute Gasteiger partial charge is 0.228 e. The number of nitrogens with one attached hydrogen (secondary N) is 1. The normalized spacial score (nSPS) is 10.1. The van der Waals surface area contributed by atoms with Crippen LogP contribution in [0.15, 0.2) is 48.8 Å². The van der Waals surface area contributed by atoms with Gasteiger partial charge in [-0.2, -0.15) is 0 Å². The number of hydrogen-bond donors (Lipinski definition) is 2. The van der Waals surface area contributed by atoms with Crippen molar-refractivity contribution >= 4 is 11.6 Å². The van der Waals surface area contributed by atoms with Gasteiger partial charge in [-0.05, 0) is 29.3 Å². The van der Waals surface area contributed by atoms with Crippen molar-refractivity contribution in [3.8, 4) is 0 Å². The number of hydrogen-bond acceptors (Lipinski definition) is 3. The van der Waals surface area contributed by atoms with E-state index in [-0.39, 0.29) is 5.91 Å². The Morgan fingerprint density at radius 1 is 1.22 bits per heavy atom. The highest BCUT2D eigenvalue weighted by atomic mass is 16.1. The monoisotopic (exact) mass is 241 g/mol. The molecular weight excluding hydrogens is 226 g/mol. The highest BCUT2D eigenvalue weighted by Gasteiger charge is 2.04. The van der Waals surface area contributed by atoms with E-state index < -0.39 is 0 Å². The molecule has 0 aliphatic carbocycles. The van der Waals surface area contributed by atoms with Gasteiger partial charge in [-0.15, -0.1) is 0 Å². The summed E-state index contributed by atoms with van der Waals surface area (Å²) >= 11 is 0. The number of carbonyl (C=O) groups is 1. The second-order valence-corrected chi connectivity index (χ2v) is 3.99. The molecule has 1 aromatic carbocycles. The Hall–Kier alpha value is -2.20.